The molecule has 7 nitrogen and oxygen atoms in total. The standard InChI is InChI=1S/C19H20ClN5O2/c1-14(15-8-10-16(20)11-9-15)24(2)19(26)12-25-22-18(21-23-25)13-27-17-6-4-3-5-7-17/h3-11,14H,12-13H2,1-2H3/t14-/m1/s1. The lowest BCUT2D eigenvalue weighted by Crippen LogP contribution is -2.33. The summed E-state index contributed by atoms with van der Waals surface area (Å²) < 4.78 is 5.58. The van der Waals surface area contributed by atoms with Gasteiger partial charge in [0.25, 0.3) is 0 Å². The fourth-order valence-electron chi connectivity index (χ4n) is 2.48. The summed E-state index contributed by atoms with van der Waals surface area (Å²) in [5, 5.41) is 12.7. The van der Waals surface area contributed by atoms with Crippen molar-refractivity contribution in [1.82, 2.24) is 25.1 Å². The van der Waals surface area contributed by atoms with Gasteiger partial charge in [0, 0.05) is 12.1 Å². The van der Waals surface area contributed by atoms with E-state index in [9.17, 15) is 4.79 Å². The number of benzene rings is 2. The number of amides is 1. The first-order valence-corrected chi connectivity index (χ1v) is 8.86. The molecule has 1 aromatic heterocycles. The molecule has 0 saturated carbocycles. The second-order valence-electron chi connectivity index (χ2n) is 6.07. The SMILES string of the molecule is C[C@H](c1ccc(Cl)cc1)N(C)C(=O)Cn1nnc(COc2ccccc2)n1. The van der Waals surface area contributed by atoms with Crippen molar-refractivity contribution in [2.24, 2.45) is 0 Å². The molecular weight excluding hydrogens is 366 g/mol. The number of likely N-dealkylation sites (N-methyl/N-ethyl adjacent to an activating group) is 1. The maximum absolute atomic E-state index is 12.5. The van der Waals surface area contributed by atoms with E-state index in [2.05, 4.69) is 15.4 Å². The average Bonchev–Trinajstić information content (AvgIpc) is 3.14. The van der Waals surface area contributed by atoms with Crippen LogP contribution < -0.4 is 4.74 Å². The van der Waals surface area contributed by atoms with Crippen LogP contribution in [0.1, 0.15) is 24.4 Å². The Hall–Kier alpha value is -2.93. The van der Waals surface area contributed by atoms with Gasteiger partial charge in [-0.3, -0.25) is 4.79 Å². The lowest BCUT2D eigenvalue weighted by molar-refractivity contribution is -0.132. The van der Waals surface area contributed by atoms with Crippen molar-refractivity contribution < 1.29 is 9.53 Å². The monoisotopic (exact) mass is 385 g/mol. The maximum Gasteiger partial charge on any atom is 0.246 e. The lowest BCUT2D eigenvalue weighted by atomic mass is 10.1. The molecule has 1 atom stereocenters. The zero-order chi connectivity index (χ0) is 19.2. The number of nitrogens with zero attached hydrogens (tertiary/aromatic N) is 5. The van der Waals surface area contributed by atoms with Crippen LogP contribution in [0.2, 0.25) is 5.02 Å². The summed E-state index contributed by atoms with van der Waals surface area (Å²) in [6.45, 7) is 2.15. The molecule has 3 aromatic rings. The van der Waals surface area contributed by atoms with Crippen LogP contribution in [0.5, 0.6) is 5.75 Å². The third-order valence-electron chi connectivity index (χ3n) is 4.21. The number of carbonyl (C=O) groups is 1. The van der Waals surface area contributed by atoms with E-state index in [-0.39, 0.29) is 25.1 Å². The first kappa shape index (κ1) is 18.8. The van der Waals surface area contributed by atoms with E-state index in [4.69, 9.17) is 16.3 Å². The van der Waals surface area contributed by atoms with Gasteiger partial charge in [0.2, 0.25) is 11.7 Å². The van der Waals surface area contributed by atoms with E-state index >= 15 is 0 Å². The highest BCUT2D eigenvalue weighted by molar-refractivity contribution is 6.30. The van der Waals surface area contributed by atoms with Crippen LogP contribution >= 0.6 is 11.6 Å². The Bertz CT molecular complexity index is 883. The van der Waals surface area contributed by atoms with Crippen molar-refractivity contribution in [3.8, 4) is 5.75 Å². The van der Waals surface area contributed by atoms with Crippen molar-refractivity contribution in [3.63, 3.8) is 0 Å². The number of rotatable bonds is 7. The quantitative estimate of drug-likeness (QED) is 0.624. The van der Waals surface area contributed by atoms with Crippen LogP contribution in [0.3, 0.4) is 0 Å². The fourth-order valence-corrected chi connectivity index (χ4v) is 2.61. The Labute approximate surface area is 162 Å². The predicted molar refractivity (Wildman–Crippen MR) is 101 cm³/mol. The first-order valence-electron chi connectivity index (χ1n) is 8.48. The van der Waals surface area contributed by atoms with Gasteiger partial charge in [-0.2, -0.15) is 4.80 Å². The summed E-state index contributed by atoms with van der Waals surface area (Å²) in [4.78, 5) is 15.4. The molecule has 0 radical (unpaired) electrons. The number of hydrogen-bond acceptors (Lipinski definition) is 5. The van der Waals surface area contributed by atoms with Crippen LogP contribution in [0.15, 0.2) is 54.6 Å². The van der Waals surface area contributed by atoms with Crippen molar-refractivity contribution in [3.05, 3.63) is 71.0 Å². The van der Waals surface area contributed by atoms with Crippen molar-refractivity contribution >= 4 is 17.5 Å². The zero-order valence-electron chi connectivity index (χ0n) is 15.1. The number of ether oxygens (including phenoxy) is 1. The molecule has 0 fully saturated rings. The summed E-state index contributed by atoms with van der Waals surface area (Å²) in [6, 6.07) is 16.7. The Morgan fingerprint density at radius 3 is 2.59 bits per heavy atom. The number of hydrogen-bond donors (Lipinski definition) is 0. The van der Waals surface area contributed by atoms with Gasteiger partial charge in [-0.15, -0.1) is 10.2 Å². The predicted octanol–water partition coefficient (Wildman–Crippen LogP) is 3.13. The molecule has 8 heteroatoms. The molecule has 0 saturated heterocycles. The van der Waals surface area contributed by atoms with E-state index < -0.39 is 0 Å². The molecule has 1 heterocycles. The van der Waals surface area contributed by atoms with Crippen molar-refractivity contribution in [1.29, 1.82) is 0 Å². The van der Waals surface area contributed by atoms with Gasteiger partial charge in [0.1, 0.15) is 12.3 Å². The normalized spacial score (nSPS) is 11.8. The molecule has 0 aliphatic rings. The van der Waals surface area contributed by atoms with Crippen LogP contribution in [0.25, 0.3) is 0 Å². The molecule has 0 aliphatic carbocycles. The molecule has 0 aliphatic heterocycles. The molecule has 0 unspecified atom stereocenters. The van der Waals surface area contributed by atoms with Gasteiger partial charge in [0.15, 0.2) is 6.61 Å². The summed E-state index contributed by atoms with van der Waals surface area (Å²) in [6.07, 6.45) is 0. The highest BCUT2D eigenvalue weighted by atomic mass is 35.5. The van der Waals surface area contributed by atoms with Gasteiger partial charge in [-0.05, 0) is 42.0 Å². The molecule has 0 spiro atoms. The highest BCUT2D eigenvalue weighted by Crippen LogP contribution is 2.21. The van der Waals surface area contributed by atoms with Crippen LogP contribution in [0.4, 0.5) is 0 Å². The number of carbonyl (C=O) groups excluding carboxylic acids is 1. The first-order chi connectivity index (χ1) is 13.0. The number of aromatic nitrogens is 4. The van der Waals surface area contributed by atoms with Crippen molar-refractivity contribution in [2.75, 3.05) is 7.05 Å². The second-order valence-corrected chi connectivity index (χ2v) is 6.51. The molecule has 0 bridgehead atoms. The fraction of sp³-hybridized carbons (Fsp3) is 0.263. The van der Waals surface area contributed by atoms with Crippen molar-refractivity contribution in [2.45, 2.75) is 26.1 Å². The van der Waals surface area contributed by atoms with Gasteiger partial charge >= 0.3 is 0 Å². The van der Waals surface area contributed by atoms with E-state index in [1.165, 1.54) is 4.80 Å². The van der Waals surface area contributed by atoms with Gasteiger partial charge in [0.05, 0.1) is 6.04 Å². The minimum Gasteiger partial charge on any atom is -0.485 e. The molecular formula is C19H20ClN5O2. The Morgan fingerprint density at radius 2 is 1.89 bits per heavy atom. The summed E-state index contributed by atoms with van der Waals surface area (Å²) in [5.41, 5.74) is 0.999. The third-order valence-corrected chi connectivity index (χ3v) is 4.46. The number of halogens is 1. The van der Waals surface area contributed by atoms with Gasteiger partial charge in [-0.25, -0.2) is 0 Å². The molecule has 0 N–H and O–H groups in total. The van der Waals surface area contributed by atoms with E-state index in [1.807, 2.05) is 61.5 Å². The maximum atomic E-state index is 12.5. The largest absolute Gasteiger partial charge is 0.485 e. The topological polar surface area (TPSA) is 73.1 Å². The van der Waals surface area contributed by atoms with E-state index in [1.54, 1.807) is 11.9 Å². The zero-order valence-corrected chi connectivity index (χ0v) is 15.9. The summed E-state index contributed by atoms with van der Waals surface area (Å²) >= 11 is 5.92. The van der Waals surface area contributed by atoms with E-state index in [0.717, 1.165) is 11.3 Å². The Kier molecular flexibility index (Phi) is 6.03. The number of tetrazole rings is 1. The van der Waals surface area contributed by atoms with Gasteiger partial charge in [-0.1, -0.05) is 41.9 Å². The third kappa shape index (κ3) is 5.04. The van der Waals surface area contributed by atoms with Gasteiger partial charge < -0.3 is 9.64 Å². The molecule has 1 amide bonds. The average molecular weight is 386 g/mol. The Balaban J connectivity index is 1.56. The summed E-state index contributed by atoms with van der Waals surface area (Å²) in [5.74, 6) is 1.02. The molecule has 3 rings (SSSR count). The smallest absolute Gasteiger partial charge is 0.246 e. The van der Waals surface area contributed by atoms with Crippen LogP contribution in [-0.4, -0.2) is 38.1 Å². The minimum atomic E-state index is -0.120. The molecule has 2 aromatic carbocycles. The highest BCUT2D eigenvalue weighted by Gasteiger charge is 2.19. The summed E-state index contributed by atoms with van der Waals surface area (Å²) in [7, 11) is 1.75. The lowest BCUT2D eigenvalue weighted by Gasteiger charge is -2.25. The minimum absolute atomic E-state index is 0.00671. The van der Waals surface area contributed by atoms with Crippen LogP contribution in [-0.2, 0) is 17.9 Å². The Morgan fingerprint density at radius 1 is 1.19 bits per heavy atom. The number of para-hydroxylation sites is 1. The molecule has 140 valence electrons. The molecule has 27 heavy (non-hydrogen) atoms. The van der Waals surface area contributed by atoms with Crippen LogP contribution in [0, 0.1) is 0 Å². The van der Waals surface area contributed by atoms with E-state index in [0.29, 0.717) is 10.8 Å². The second kappa shape index (κ2) is 8.64.